The number of nitrogens with one attached hydrogen (secondary N) is 2. The van der Waals surface area contributed by atoms with Gasteiger partial charge in [-0.3, -0.25) is 14.6 Å². The van der Waals surface area contributed by atoms with E-state index in [0.29, 0.717) is 17.9 Å². The summed E-state index contributed by atoms with van der Waals surface area (Å²) in [6.45, 7) is 4.02. The Labute approximate surface area is 159 Å². The number of rotatable bonds is 8. The van der Waals surface area contributed by atoms with Gasteiger partial charge in [-0.25, -0.2) is 4.98 Å². The molecular formula is C17H19N4O5S-. The van der Waals surface area contributed by atoms with Crippen LogP contribution >= 0.6 is 11.8 Å². The molecule has 0 fully saturated rings. The number of carboxylic acid groups (broad SMARTS) is 1. The van der Waals surface area contributed by atoms with Crippen LogP contribution in [0.5, 0.6) is 5.75 Å². The number of carbonyl (C=O) groups is 2. The lowest BCUT2D eigenvalue weighted by Gasteiger charge is -2.15. The van der Waals surface area contributed by atoms with Crippen LogP contribution in [0.1, 0.15) is 30.6 Å². The molecule has 0 aliphatic carbocycles. The quantitative estimate of drug-likeness (QED) is 0.438. The molecule has 0 spiro atoms. The van der Waals surface area contributed by atoms with Crippen LogP contribution in [0.3, 0.4) is 0 Å². The molecule has 1 aromatic heterocycles. The molecule has 1 amide bonds. The van der Waals surface area contributed by atoms with Crippen molar-refractivity contribution in [3.05, 3.63) is 40.2 Å². The van der Waals surface area contributed by atoms with Gasteiger partial charge in [0, 0.05) is 5.56 Å². The summed E-state index contributed by atoms with van der Waals surface area (Å²) >= 11 is 0.820. The first kappa shape index (κ1) is 20.3. The van der Waals surface area contributed by atoms with E-state index in [0.717, 1.165) is 11.8 Å². The third-order valence-electron chi connectivity index (χ3n) is 3.48. The summed E-state index contributed by atoms with van der Waals surface area (Å²) in [5.41, 5.74) is 5.18. The first-order valence-electron chi connectivity index (χ1n) is 8.17. The number of aliphatic carboxylic acids is 1. The van der Waals surface area contributed by atoms with E-state index in [4.69, 9.17) is 10.5 Å². The molecule has 27 heavy (non-hydrogen) atoms. The van der Waals surface area contributed by atoms with Crippen molar-refractivity contribution in [2.24, 2.45) is 0 Å². The van der Waals surface area contributed by atoms with Crippen molar-refractivity contribution in [2.45, 2.75) is 30.7 Å². The van der Waals surface area contributed by atoms with Crippen LogP contribution < -0.4 is 26.5 Å². The zero-order chi connectivity index (χ0) is 20.0. The second-order valence-electron chi connectivity index (χ2n) is 5.38. The largest absolute Gasteiger partial charge is 0.549 e. The molecule has 10 heteroatoms. The van der Waals surface area contributed by atoms with Gasteiger partial charge in [0.25, 0.3) is 11.5 Å². The summed E-state index contributed by atoms with van der Waals surface area (Å²) in [7, 11) is 0. The number of thioether (sulfide) groups is 1. The number of carboxylic acids is 1. The monoisotopic (exact) mass is 391 g/mol. The number of nitrogen functional groups attached to an aromatic ring is 1. The van der Waals surface area contributed by atoms with Crippen LogP contribution in [-0.4, -0.2) is 33.7 Å². The molecule has 0 aliphatic rings. The summed E-state index contributed by atoms with van der Waals surface area (Å²) in [5.74, 6) is -1.41. The van der Waals surface area contributed by atoms with Crippen molar-refractivity contribution < 1.29 is 19.4 Å². The maximum Gasteiger partial charge on any atom is 0.277 e. The zero-order valence-electron chi connectivity index (χ0n) is 14.8. The molecule has 0 aliphatic heterocycles. The number of hydrogen-bond acceptors (Lipinski definition) is 8. The van der Waals surface area contributed by atoms with Gasteiger partial charge in [-0.15, -0.1) is 0 Å². The van der Waals surface area contributed by atoms with Gasteiger partial charge in [-0.05, 0) is 37.6 Å². The minimum atomic E-state index is -1.27. The Morgan fingerprint density at radius 1 is 1.33 bits per heavy atom. The molecule has 2 rings (SSSR count). The second-order valence-corrected chi connectivity index (χ2v) is 6.57. The van der Waals surface area contributed by atoms with E-state index in [2.05, 4.69) is 15.3 Å². The first-order valence-corrected chi connectivity index (χ1v) is 9.05. The van der Waals surface area contributed by atoms with E-state index in [-0.39, 0.29) is 23.1 Å². The number of anilines is 2. The van der Waals surface area contributed by atoms with Gasteiger partial charge < -0.3 is 25.7 Å². The number of amides is 1. The third kappa shape index (κ3) is 5.23. The smallest absolute Gasteiger partial charge is 0.277 e. The summed E-state index contributed by atoms with van der Waals surface area (Å²) < 4.78 is 5.30. The third-order valence-corrected chi connectivity index (χ3v) is 4.71. The topological polar surface area (TPSA) is 150 Å². The molecule has 0 bridgehead atoms. The van der Waals surface area contributed by atoms with Gasteiger partial charge in [-0.1, -0.05) is 18.7 Å². The minimum Gasteiger partial charge on any atom is -0.549 e. The molecule has 1 heterocycles. The van der Waals surface area contributed by atoms with Crippen LogP contribution in [0.15, 0.2) is 34.2 Å². The molecule has 144 valence electrons. The van der Waals surface area contributed by atoms with Crippen molar-refractivity contribution in [1.82, 2.24) is 9.97 Å². The van der Waals surface area contributed by atoms with Gasteiger partial charge in [0.05, 0.1) is 17.8 Å². The lowest BCUT2D eigenvalue weighted by Crippen LogP contribution is -2.33. The van der Waals surface area contributed by atoms with E-state index >= 15 is 0 Å². The highest BCUT2D eigenvalue weighted by molar-refractivity contribution is 8.00. The number of nitrogens with zero attached hydrogens (tertiary/aromatic N) is 1. The molecule has 1 atom stereocenters. The highest BCUT2D eigenvalue weighted by atomic mass is 32.2. The van der Waals surface area contributed by atoms with Crippen molar-refractivity contribution >= 4 is 35.1 Å². The SMILES string of the molecule is CCOc1ccc(C(=O)Nc2c(N)nc(S[C@H](CC)C(=O)[O-])[nH]c2=O)cc1. The molecule has 0 radical (unpaired) electrons. The predicted octanol–water partition coefficient (Wildman–Crippen LogP) is 0.624. The van der Waals surface area contributed by atoms with E-state index in [1.807, 2.05) is 6.92 Å². The molecule has 1 aromatic carbocycles. The highest BCUT2D eigenvalue weighted by Gasteiger charge is 2.17. The first-order chi connectivity index (χ1) is 12.8. The number of H-pyrrole nitrogens is 1. The van der Waals surface area contributed by atoms with Crippen LogP contribution in [0.4, 0.5) is 11.5 Å². The summed E-state index contributed by atoms with van der Waals surface area (Å²) in [4.78, 5) is 41.9. The van der Waals surface area contributed by atoms with E-state index in [1.54, 1.807) is 31.2 Å². The Kier molecular flexibility index (Phi) is 6.83. The Morgan fingerprint density at radius 3 is 2.52 bits per heavy atom. The maximum atomic E-state index is 12.3. The molecule has 2 aromatic rings. The fraction of sp³-hybridized carbons (Fsp3) is 0.294. The van der Waals surface area contributed by atoms with Gasteiger partial charge in [-0.2, -0.15) is 0 Å². The molecular weight excluding hydrogens is 372 g/mol. The standard InChI is InChI=1S/C17H20N4O5S/c1-3-11(16(24)25)27-17-20-13(18)12(15(23)21-17)19-14(22)9-5-7-10(8-6-9)26-4-2/h5-8,11H,3-4H2,1-2H3,(H,19,22)(H,24,25)(H3,18,20,21,23)/p-1/t11-/m1/s1. The fourth-order valence-corrected chi connectivity index (χ4v) is 2.97. The number of benzene rings is 1. The van der Waals surface area contributed by atoms with Gasteiger partial charge in [0.15, 0.2) is 11.0 Å². The van der Waals surface area contributed by atoms with Crippen LogP contribution in [-0.2, 0) is 4.79 Å². The molecule has 0 unspecified atom stereocenters. The number of ether oxygens (including phenoxy) is 1. The zero-order valence-corrected chi connectivity index (χ0v) is 15.6. The summed E-state index contributed by atoms with van der Waals surface area (Å²) in [6, 6.07) is 6.37. The fourth-order valence-electron chi connectivity index (χ4n) is 2.13. The van der Waals surface area contributed by atoms with Gasteiger partial charge in [0.1, 0.15) is 11.4 Å². The van der Waals surface area contributed by atoms with Crippen molar-refractivity contribution in [3.63, 3.8) is 0 Å². The van der Waals surface area contributed by atoms with Crippen LogP contribution in [0.25, 0.3) is 0 Å². The maximum absolute atomic E-state index is 12.3. The summed E-state index contributed by atoms with van der Waals surface area (Å²) in [6.07, 6.45) is 0.285. The predicted molar refractivity (Wildman–Crippen MR) is 99.8 cm³/mol. The molecule has 0 saturated heterocycles. The number of nitrogens with two attached hydrogens (primary N) is 1. The van der Waals surface area contributed by atoms with Gasteiger partial charge >= 0.3 is 0 Å². The number of aromatic nitrogens is 2. The Bertz CT molecular complexity index is 882. The van der Waals surface area contributed by atoms with Crippen molar-refractivity contribution in [3.8, 4) is 5.75 Å². The van der Waals surface area contributed by atoms with E-state index in [9.17, 15) is 19.5 Å². The van der Waals surface area contributed by atoms with Gasteiger partial charge in [0.2, 0.25) is 0 Å². The average Bonchev–Trinajstić information content (AvgIpc) is 2.63. The highest BCUT2D eigenvalue weighted by Crippen LogP contribution is 2.23. The van der Waals surface area contributed by atoms with Crippen LogP contribution in [0, 0.1) is 0 Å². The van der Waals surface area contributed by atoms with Crippen LogP contribution in [0.2, 0.25) is 0 Å². The molecule has 4 N–H and O–H groups in total. The Balaban J connectivity index is 2.17. The normalized spacial score (nSPS) is 11.6. The minimum absolute atomic E-state index is 0.0348. The number of aromatic amines is 1. The molecule has 0 saturated carbocycles. The Hall–Kier alpha value is -3.01. The Morgan fingerprint density at radius 2 is 2.00 bits per heavy atom. The lowest BCUT2D eigenvalue weighted by atomic mass is 10.2. The summed E-state index contributed by atoms with van der Waals surface area (Å²) in [5, 5.41) is 12.6. The molecule has 9 nitrogen and oxygen atoms in total. The lowest BCUT2D eigenvalue weighted by molar-refractivity contribution is -0.304. The number of hydrogen-bond donors (Lipinski definition) is 3. The van der Waals surface area contributed by atoms with E-state index in [1.165, 1.54) is 0 Å². The van der Waals surface area contributed by atoms with E-state index < -0.39 is 22.7 Å². The van der Waals surface area contributed by atoms with Crippen molar-refractivity contribution in [2.75, 3.05) is 17.7 Å². The number of carbonyl (C=O) groups excluding carboxylic acids is 2. The second kappa shape index (κ2) is 9.08. The average molecular weight is 391 g/mol. The van der Waals surface area contributed by atoms with Crippen molar-refractivity contribution in [1.29, 1.82) is 0 Å².